The number of likely N-dealkylation sites (tertiary alicyclic amines) is 1. The molecule has 242 valence electrons. The van der Waals surface area contributed by atoms with Crippen molar-refractivity contribution in [3.63, 3.8) is 0 Å². The van der Waals surface area contributed by atoms with E-state index in [1.165, 1.54) is 5.56 Å². The van der Waals surface area contributed by atoms with Crippen LogP contribution in [-0.2, 0) is 32.6 Å². The molecule has 5 rings (SSSR count). The van der Waals surface area contributed by atoms with Crippen LogP contribution in [0.3, 0.4) is 0 Å². The maximum atomic E-state index is 13.7. The zero-order valence-corrected chi connectivity index (χ0v) is 27.5. The summed E-state index contributed by atoms with van der Waals surface area (Å²) in [6.45, 7) is 5.37. The second-order valence-electron chi connectivity index (χ2n) is 12.2. The molecule has 0 aromatic heterocycles. The van der Waals surface area contributed by atoms with Crippen LogP contribution in [0.25, 0.3) is 10.8 Å². The van der Waals surface area contributed by atoms with Gasteiger partial charge in [-0.1, -0.05) is 91.9 Å². The Morgan fingerprint density at radius 3 is 2.20 bits per heavy atom. The van der Waals surface area contributed by atoms with Gasteiger partial charge in [0.15, 0.2) is 0 Å². The van der Waals surface area contributed by atoms with Gasteiger partial charge < -0.3 is 15.1 Å². The number of nitrogens with zero attached hydrogens (tertiary/aromatic N) is 2. The number of rotatable bonds is 14. The number of sulfonamides is 1. The minimum absolute atomic E-state index is 0.106. The lowest BCUT2D eigenvalue weighted by molar-refractivity contribution is -0.135. The molecule has 0 radical (unpaired) electrons. The first-order valence-electron chi connectivity index (χ1n) is 16.1. The van der Waals surface area contributed by atoms with E-state index in [1.807, 2.05) is 59.5 Å². The van der Waals surface area contributed by atoms with Crippen molar-refractivity contribution in [1.29, 1.82) is 0 Å². The first-order chi connectivity index (χ1) is 22.2. The molecule has 2 atom stereocenters. The number of carbonyl (C=O) groups excluding carboxylic acids is 2. The number of benzene rings is 4. The van der Waals surface area contributed by atoms with Crippen molar-refractivity contribution in [1.82, 2.24) is 19.8 Å². The maximum Gasteiger partial charge on any atom is 0.245 e. The predicted molar refractivity (Wildman–Crippen MR) is 183 cm³/mol. The summed E-state index contributed by atoms with van der Waals surface area (Å²) in [5.74, 6) is -0.504. The fraction of sp³-hybridized carbons (Fsp3) is 0.351. The first kappa shape index (κ1) is 33.3. The first-order valence-corrected chi connectivity index (χ1v) is 17.6. The van der Waals surface area contributed by atoms with Crippen molar-refractivity contribution < 1.29 is 18.0 Å². The van der Waals surface area contributed by atoms with E-state index in [-0.39, 0.29) is 17.2 Å². The zero-order chi connectivity index (χ0) is 32.5. The highest BCUT2D eigenvalue weighted by molar-refractivity contribution is 7.89. The predicted octanol–water partition coefficient (Wildman–Crippen LogP) is 5.44. The Balaban J connectivity index is 1.33. The van der Waals surface area contributed by atoms with Crippen molar-refractivity contribution in [3.05, 3.63) is 114 Å². The van der Waals surface area contributed by atoms with Gasteiger partial charge in [-0.3, -0.25) is 9.59 Å². The molecule has 0 bridgehead atoms. The molecule has 1 aliphatic heterocycles. The average molecular weight is 641 g/mol. The molecule has 0 aliphatic carbocycles. The Bertz CT molecular complexity index is 1720. The van der Waals surface area contributed by atoms with Crippen LogP contribution in [-0.4, -0.2) is 62.8 Å². The average Bonchev–Trinajstić information content (AvgIpc) is 3.60. The summed E-state index contributed by atoms with van der Waals surface area (Å²) in [6, 6.07) is 28.2. The minimum Gasteiger partial charge on any atom is -0.344 e. The van der Waals surface area contributed by atoms with Crippen LogP contribution in [0.15, 0.2) is 102 Å². The quantitative estimate of drug-likeness (QED) is 0.191. The Kier molecular flexibility index (Phi) is 11.2. The Morgan fingerprint density at radius 2 is 1.50 bits per heavy atom. The molecule has 0 spiro atoms. The van der Waals surface area contributed by atoms with E-state index in [1.54, 1.807) is 30.3 Å². The summed E-state index contributed by atoms with van der Waals surface area (Å²) in [5, 5.41) is 4.73. The fourth-order valence-corrected chi connectivity index (χ4v) is 7.35. The molecule has 8 nitrogen and oxygen atoms in total. The van der Waals surface area contributed by atoms with Gasteiger partial charge in [-0.2, -0.15) is 0 Å². The Labute approximate surface area is 272 Å². The molecule has 46 heavy (non-hydrogen) atoms. The molecular weight excluding hydrogens is 596 g/mol. The van der Waals surface area contributed by atoms with Crippen LogP contribution < -0.4 is 10.0 Å². The summed E-state index contributed by atoms with van der Waals surface area (Å²) in [6.07, 6.45) is 3.16. The van der Waals surface area contributed by atoms with Gasteiger partial charge >= 0.3 is 0 Å². The van der Waals surface area contributed by atoms with Crippen LogP contribution >= 0.6 is 0 Å². The van der Waals surface area contributed by atoms with Crippen molar-refractivity contribution in [2.24, 2.45) is 0 Å². The van der Waals surface area contributed by atoms with Crippen molar-refractivity contribution in [2.45, 2.75) is 62.6 Å². The number of amides is 2. The summed E-state index contributed by atoms with van der Waals surface area (Å²) in [4.78, 5) is 31.5. The van der Waals surface area contributed by atoms with E-state index in [0.717, 1.165) is 48.7 Å². The van der Waals surface area contributed by atoms with Gasteiger partial charge in [0, 0.05) is 32.5 Å². The summed E-state index contributed by atoms with van der Waals surface area (Å²) in [5.41, 5.74) is 2.81. The molecule has 2 amide bonds. The molecule has 0 saturated carbocycles. The van der Waals surface area contributed by atoms with E-state index in [2.05, 4.69) is 41.0 Å². The summed E-state index contributed by atoms with van der Waals surface area (Å²) < 4.78 is 30.0. The van der Waals surface area contributed by atoms with Crippen molar-refractivity contribution in [2.75, 3.05) is 26.7 Å². The highest BCUT2D eigenvalue weighted by Gasteiger charge is 2.30. The van der Waals surface area contributed by atoms with Gasteiger partial charge in [-0.25, -0.2) is 13.1 Å². The molecule has 1 heterocycles. The smallest absolute Gasteiger partial charge is 0.245 e. The number of hydrogen-bond donors (Lipinski definition) is 2. The van der Waals surface area contributed by atoms with E-state index >= 15 is 0 Å². The minimum atomic E-state index is -3.98. The highest BCUT2D eigenvalue weighted by atomic mass is 32.2. The van der Waals surface area contributed by atoms with Gasteiger partial charge in [0.2, 0.25) is 21.8 Å². The van der Waals surface area contributed by atoms with Gasteiger partial charge in [-0.15, -0.1) is 0 Å². The standard InChI is InChI=1S/C37H44N4O4S/c1-3-21-40(2)27-29-17-15-28(16-18-29)24-35(37(43)41-22-9-10-23-41)38-36(42)26-34(31-12-5-4-6-13-31)39-46(44,45)33-20-19-30-11-7-8-14-32(30)25-33/h4-8,11-20,25,34-35,39H,3,9-10,21-24,26-27H2,1-2H3,(H,38,42). The van der Waals surface area contributed by atoms with Crippen LogP contribution in [0, 0.1) is 0 Å². The lowest BCUT2D eigenvalue weighted by Gasteiger charge is -2.26. The lowest BCUT2D eigenvalue weighted by Crippen LogP contribution is -2.49. The second kappa shape index (κ2) is 15.5. The van der Waals surface area contributed by atoms with Crippen LogP contribution in [0.4, 0.5) is 0 Å². The molecule has 2 unspecified atom stereocenters. The normalized spacial score (nSPS) is 14.8. The SMILES string of the molecule is CCCN(C)Cc1ccc(CC(NC(=O)CC(NS(=O)(=O)c2ccc3ccccc3c2)c2ccccc2)C(=O)N2CCCC2)cc1. The maximum absolute atomic E-state index is 13.7. The Hall–Kier alpha value is -4.05. The van der Waals surface area contributed by atoms with Crippen molar-refractivity contribution in [3.8, 4) is 0 Å². The van der Waals surface area contributed by atoms with E-state index < -0.39 is 28.0 Å². The lowest BCUT2D eigenvalue weighted by atomic mass is 10.0. The number of carbonyl (C=O) groups is 2. The Morgan fingerprint density at radius 1 is 0.848 bits per heavy atom. The summed E-state index contributed by atoms with van der Waals surface area (Å²) >= 11 is 0. The highest BCUT2D eigenvalue weighted by Crippen LogP contribution is 2.24. The van der Waals surface area contributed by atoms with Crippen LogP contribution in [0.5, 0.6) is 0 Å². The third-order valence-corrected chi connectivity index (χ3v) is 9.96. The molecule has 9 heteroatoms. The number of fused-ring (bicyclic) bond motifs is 1. The molecule has 2 N–H and O–H groups in total. The topological polar surface area (TPSA) is 98.8 Å². The molecule has 4 aromatic rings. The molecule has 4 aromatic carbocycles. The number of hydrogen-bond acceptors (Lipinski definition) is 5. The molecule has 1 aliphatic rings. The van der Waals surface area contributed by atoms with E-state index in [0.29, 0.717) is 25.1 Å². The van der Waals surface area contributed by atoms with Crippen LogP contribution in [0.1, 0.15) is 55.3 Å². The van der Waals surface area contributed by atoms with E-state index in [9.17, 15) is 18.0 Å². The van der Waals surface area contributed by atoms with Crippen LogP contribution in [0.2, 0.25) is 0 Å². The monoisotopic (exact) mass is 640 g/mol. The second-order valence-corrected chi connectivity index (χ2v) is 13.9. The fourth-order valence-electron chi connectivity index (χ4n) is 6.09. The van der Waals surface area contributed by atoms with Gasteiger partial charge in [0.05, 0.1) is 10.9 Å². The third-order valence-electron chi connectivity index (χ3n) is 8.49. The molecular formula is C37H44N4O4S. The van der Waals surface area contributed by atoms with Crippen molar-refractivity contribution >= 4 is 32.6 Å². The van der Waals surface area contributed by atoms with E-state index in [4.69, 9.17) is 0 Å². The van der Waals surface area contributed by atoms with Gasteiger partial charge in [0.1, 0.15) is 6.04 Å². The van der Waals surface area contributed by atoms with Gasteiger partial charge in [-0.05, 0) is 72.5 Å². The molecule has 1 fully saturated rings. The largest absolute Gasteiger partial charge is 0.344 e. The summed E-state index contributed by atoms with van der Waals surface area (Å²) in [7, 11) is -1.88. The molecule has 1 saturated heterocycles. The zero-order valence-electron chi connectivity index (χ0n) is 26.7. The number of nitrogens with one attached hydrogen (secondary N) is 2. The van der Waals surface area contributed by atoms with Gasteiger partial charge in [0.25, 0.3) is 0 Å². The third kappa shape index (κ3) is 8.81.